The number of likely N-dealkylation sites (tertiary alicyclic amines) is 1. The van der Waals surface area contributed by atoms with E-state index in [0.717, 1.165) is 53.0 Å². The molecule has 0 bridgehead atoms. The van der Waals surface area contributed by atoms with E-state index in [9.17, 15) is 13.2 Å². The maximum atomic E-state index is 13.0. The molecular formula is C24H27N3O3S2. The summed E-state index contributed by atoms with van der Waals surface area (Å²) in [6.07, 6.45) is 4.82. The molecule has 1 unspecified atom stereocenters. The van der Waals surface area contributed by atoms with Crippen LogP contribution in [0.4, 0.5) is 0 Å². The van der Waals surface area contributed by atoms with Gasteiger partial charge in [0.1, 0.15) is 5.01 Å². The molecule has 32 heavy (non-hydrogen) atoms. The SMILES string of the molecule is O=C(CCc1ccc(S(=O)(=O)N2CCCC2)cc1)N1CCCC1c1nc2ccccc2s1. The van der Waals surface area contributed by atoms with Crippen LogP contribution in [0, 0.1) is 0 Å². The summed E-state index contributed by atoms with van der Waals surface area (Å²) in [7, 11) is -3.40. The molecule has 0 N–H and O–H groups in total. The Kier molecular flexibility index (Phi) is 6.01. The molecule has 2 aliphatic rings. The lowest BCUT2D eigenvalue weighted by Crippen LogP contribution is -2.30. The minimum atomic E-state index is -3.40. The number of carbonyl (C=O) groups is 1. The number of rotatable bonds is 6. The second kappa shape index (κ2) is 8.92. The molecule has 168 valence electrons. The molecule has 3 heterocycles. The van der Waals surface area contributed by atoms with Gasteiger partial charge in [-0.3, -0.25) is 4.79 Å². The lowest BCUT2D eigenvalue weighted by molar-refractivity contribution is -0.132. The molecule has 0 radical (unpaired) electrons. The molecule has 1 aromatic heterocycles. The van der Waals surface area contributed by atoms with Crippen LogP contribution in [0.1, 0.15) is 48.7 Å². The molecule has 2 aliphatic heterocycles. The average Bonchev–Trinajstić information content (AvgIpc) is 3.57. The van der Waals surface area contributed by atoms with Crippen LogP contribution in [-0.2, 0) is 21.2 Å². The van der Waals surface area contributed by atoms with E-state index in [1.54, 1.807) is 27.8 Å². The molecule has 5 rings (SSSR count). The minimum absolute atomic E-state index is 0.0629. The average molecular weight is 470 g/mol. The number of aromatic nitrogens is 1. The van der Waals surface area contributed by atoms with Crippen molar-refractivity contribution in [3.8, 4) is 0 Å². The zero-order valence-electron chi connectivity index (χ0n) is 17.9. The Balaban J connectivity index is 1.23. The molecule has 1 amide bonds. The van der Waals surface area contributed by atoms with E-state index in [0.29, 0.717) is 30.8 Å². The topological polar surface area (TPSA) is 70.6 Å². The van der Waals surface area contributed by atoms with Gasteiger partial charge in [0.15, 0.2) is 0 Å². The number of sulfonamides is 1. The summed E-state index contributed by atoms with van der Waals surface area (Å²) in [5.74, 6) is 0.139. The van der Waals surface area contributed by atoms with Crippen molar-refractivity contribution < 1.29 is 13.2 Å². The van der Waals surface area contributed by atoms with Crippen LogP contribution in [0.25, 0.3) is 10.2 Å². The third-order valence-corrected chi connectivity index (χ3v) is 9.47. The van der Waals surface area contributed by atoms with Crippen molar-refractivity contribution in [2.45, 2.75) is 49.5 Å². The first-order valence-electron chi connectivity index (χ1n) is 11.3. The van der Waals surface area contributed by atoms with Crippen molar-refractivity contribution in [3.05, 3.63) is 59.1 Å². The third-order valence-electron chi connectivity index (χ3n) is 6.42. The van der Waals surface area contributed by atoms with Gasteiger partial charge in [-0.05, 0) is 61.9 Å². The Labute approximate surface area is 192 Å². The Bertz CT molecular complexity index is 1180. The minimum Gasteiger partial charge on any atom is -0.333 e. The number of para-hydroxylation sites is 1. The van der Waals surface area contributed by atoms with Crippen LogP contribution in [0.5, 0.6) is 0 Å². The Hall–Kier alpha value is -2.29. The van der Waals surface area contributed by atoms with Crippen LogP contribution in [-0.4, -0.2) is 48.1 Å². The number of hydrogen-bond donors (Lipinski definition) is 0. The van der Waals surface area contributed by atoms with Crippen molar-refractivity contribution in [1.82, 2.24) is 14.2 Å². The molecule has 0 aliphatic carbocycles. The summed E-state index contributed by atoms with van der Waals surface area (Å²) < 4.78 is 28.1. The molecule has 2 fully saturated rings. The van der Waals surface area contributed by atoms with Gasteiger partial charge < -0.3 is 4.90 Å². The Morgan fingerprint density at radius 1 is 1.00 bits per heavy atom. The number of thiazole rings is 1. The van der Waals surface area contributed by atoms with E-state index in [4.69, 9.17) is 4.98 Å². The van der Waals surface area contributed by atoms with E-state index in [-0.39, 0.29) is 11.9 Å². The Morgan fingerprint density at radius 3 is 2.50 bits per heavy atom. The number of carbonyl (C=O) groups excluding carboxylic acids is 1. The zero-order chi connectivity index (χ0) is 22.1. The number of nitrogens with zero attached hydrogens (tertiary/aromatic N) is 3. The van der Waals surface area contributed by atoms with Crippen molar-refractivity contribution in [2.75, 3.05) is 19.6 Å². The number of hydrogen-bond acceptors (Lipinski definition) is 5. The summed E-state index contributed by atoms with van der Waals surface area (Å²) in [5.41, 5.74) is 1.98. The van der Waals surface area contributed by atoms with Crippen molar-refractivity contribution in [2.24, 2.45) is 0 Å². The van der Waals surface area contributed by atoms with Gasteiger partial charge in [0.2, 0.25) is 15.9 Å². The summed E-state index contributed by atoms with van der Waals surface area (Å²) in [5, 5.41) is 1.02. The van der Waals surface area contributed by atoms with Gasteiger partial charge in [0.25, 0.3) is 0 Å². The van der Waals surface area contributed by atoms with E-state index in [1.807, 2.05) is 35.2 Å². The molecule has 8 heteroatoms. The second-order valence-electron chi connectivity index (χ2n) is 8.52. The monoisotopic (exact) mass is 469 g/mol. The lowest BCUT2D eigenvalue weighted by Gasteiger charge is -2.23. The van der Waals surface area contributed by atoms with E-state index < -0.39 is 10.0 Å². The van der Waals surface area contributed by atoms with Gasteiger partial charge in [-0.25, -0.2) is 13.4 Å². The summed E-state index contributed by atoms with van der Waals surface area (Å²) in [6.45, 7) is 1.97. The van der Waals surface area contributed by atoms with Gasteiger partial charge in [-0.2, -0.15) is 4.31 Å². The van der Waals surface area contributed by atoms with Crippen molar-refractivity contribution >= 4 is 37.5 Å². The van der Waals surface area contributed by atoms with Crippen molar-refractivity contribution in [1.29, 1.82) is 0 Å². The summed E-state index contributed by atoms with van der Waals surface area (Å²) in [6, 6.07) is 15.2. The lowest BCUT2D eigenvalue weighted by atomic mass is 10.1. The predicted octanol–water partition coefficient (Wildman–Crippen LogP) is 4.38. The molecule has 1 atom stereocenters. The largest absolute Gasteiger partial charge is 0.333 e. The molecule has 2 aromatic carbocycles. The molecular weight excluding hydrogens is 442 g/mol. The van der Waals surface area contributed by atoms with Gasteiger partial charge in [-0.1, -0.05) is 24.3 Å². The highest BCUT2D eigenvalue weighted by Gasteiger charge is 2.32. The third kappa shape index (κ3) is 4.19. The van der Waals surface area contributed by atoms with Crippen LogP contribution >= 0.6 is 11.3 Å². The zero-order valence-corrected chi connectivity index (χ0v) is 19.6. The quantitative estimate of drug-likeness (QED) is 0.537. The Morgan fingerprint density at radius 2 is 1.75 bits per heavy atom. The van der Waals surface area contributed by atoms with Crippen molar-refractivity contribution in [3.63, 3.8) is 0 Å². The van der Waals surface area contributed by atoms with Crippen LogP contribution in [0.3, 0.4) is 0 Å². The van der Waals surface area contributed by atoms with Crippen LogP contribution in [0.2, 0.25) is 0 Å². The maximum Gasteiger partial charge on any atom is 0.243 e. The number of fused-ring (bicyclic) bond motifs is 1. The predicted molar refractivity (Wildman–Crippen MR) is 126 cm³/mol. The van der Waals surface area contributed by atoms with E-state index in [1.165, 1.54) is 0 Å². The molecule has 6 nitrogen and oxygen atoms in total. The smallest absolute Gasteiger partial charge is 0.243 e. The maximum absolute atomic E-state index is 13.0. The first kappa shape index (κ1) is 21.6. The highest BCUT2D eigenvalue weighted by Crippen LogP contribution is 2.36. The summed E-state index contributed by atoms with van der Waals surface area (Å²) >= 11 is 1.68. The normalized spacial score (nSPS) is 19.8. The molecule has 3 aromatic rings. The standard InChI is InChI=1S/C24H27N3O3S2/c28-23(27-17-5-7-21(27)24-25-20-6-1-2-8-22(20)31-24)14-11-18-9-12-19(13-10-18)32(29,30)26-15-3-4-16-26/h1-2,6,8-10,12-13,21H,3-5,7,11,14-17H2. The van der Waals surface area contributed by atoms with Gasteiger partial charge in [0.05, 0.1) is 21.2 Å². The van der Waals surface area contributed by atoms with Gasteiger partial charge in [-0.15, -0.1) is 11.3 Å². The van der Waals surface area contributed by atoms with Crippen LogP contribution in [0.15, 0.2) is 53.4 Å². The van der Waals surface area contributed by atoms with Gasteiger partial charge >= 0.3 is 0 Å². The van der Waals surface area contributed by atoms with Gasteiger partial charge in [0, 0.05) is 26.1 Å². The molecule has 0 saturated carbocycles. The summed E-state index contributed by atoms with van der Waals surface area (Å²) in [4.78, 5) is 20.1. The molecule has 2 saturated heterocycles. The second-order valence-corrected chi connectivity index (χ2v) is 11.5. The molecule has 0 spiro atoms. The number of aryl methyl sites for hydroxylation is 1. The number of amides is 1. The fourth-order valence-electron chi connectivity index (χ4n) is 4.66. The highest BCUT2D eigenvalue weighted by atomic mass is 32.2. The van der Waals surface area contributed by atoms with E-state index in [2.05, 4.69) is 6.07 Å². The van der Waals surface area contributed by atoms with Crippen LogP contribution < -0.4 is 0 Å². The fourth-order valence-corrected chi connectivity index (χ4v) is 7.29. The fraction of sp³-hybridized carbons (Fsp3) is 0.417. The van der Waals surface area contributed by atoms with E-state index >= 15 is 0 Å². The first-order valence-corrected chi connectivity index (χ1v) is 13.5. The number of benzene rings is 2. The highest BCUT2D eigenvalue weighted by molar-refractivity contribution is 7.89. The first-order chi connectivity index (χ1) is 15.5.